The second-order valence-electron chi connectivity index (χ2n) is 7.03. The van der Waals surface area contributed by atoms with Gasteiger partial charge in [-0.3, -0.25) is 9.11 Å². The molecule has 166 valence electrons. The van der Waals surface area contributed by atoms with Gasteiger partial charge in [0, 0.05) is 0 Å². The molecule has 9 heteroatoms. The maximum Gasteiger partial charge on any atom is 0.394 e. The molecular formula is C18H41NO7S. The maximum atomic E-state index is 9.74. The van der Waals surface area contributed by atoms with Crippen LogP contribution in [0.4, 0.5) is 0 Å². The zero-order chi connectivity index (χ0) is 21.1. The van der Waals surface area contributed by atoms with Gasteiger partial charge in [0.25, 0.3) is 0 Å². The van der Waals surface area contributed by atoms with E-state index in [2.05, 4.69) is 6.92 Å². The Kier molecular flexibility index (Phi) is 20.4. The lowest BCUT2D eigenvalue weighted by atomic mass is 10.00. The molecule has 0 aliphatic heterocycles. The molecule has 0 radical (unpaired) electrons. The minimum absolute atomic E-state index is 0.295. The summed E-state index contributed by atoms with van der Waals surface area (Å²) in [4.78, 5) is 0. The van der Waals surface area contributed by atoms with Crippen LogP contribution in [0.3, 0.4) is 0 Å². The van der Waals surface area contributed by atoms with Crippen molar-refractivity contribution in [2.75, 3.05) is 6.61 Å². The first-order chi connectivity index (χ1) is 12.6. The molecule has 0 aliphatic rings. The molecule has 0 aromatic heterocycles. The molecule has 27 heavy (non-hydrogen) atoms. The first-order valence-corrected chi connectivity index (χ1v) is 11.5. The molecule has 0 spiro atoms. The van der Waals surface area contributed by atoms with Crippen LogP contribution in [0.15, 0.2) is 0 Å². The summed E-state index contributed by atoms with van der Waals surface area (Å²) in [5, 5.41) is 28.2. The SMILES string of the molecule is CCCCCCCCCCCCCC[C@@H](O)[C@@H](O)[C@@H](N)CO.O=S(=O)(O)O. The highest BCUT2D eigenvalue weighted by atomic mass is 32.3. The molecule has 0 rings (SSSR count). The van der Waals surface area contributed by atoms with E-state index in [9.17, 15) is 10.2 Å². The molecule has 0 heterocycles. The highest BCUT2D eigenvalue weighted by molar-refractivity contribution is 7.79. The Balaban J connectivity index is 0. The van der Waals surface area contributed by atoms with Crippen molar-refractivity contribution in [3.05, 3.63) is 0 Å². The van der Waals surface area contributed by atoms with Crippen molar-refractivity contribution < 1.29 is 32.8 Å². The number of unbranched alkanes of at least 4 members (excludes halogenated alkanes) is 11. The van der Waals surface area contributed by atoms with E-state index in [-0.39, 0.29) is 6.61 Å². The summed E-state index contributed by atoms with van der Waals surface area (Å²) < 4.78 is 31.6. The zero-order valence-electron chi connectivity index (χ0n) is 16.7. The highest BCUT2D eigenvalue weighted by Crippen LogP contribution is 2.14. The fourth-order valence-corrected chi connectivity index (χ4v) is 2.76. The third-order valence-electron chi connectivity index (χ3n) is 4.40. The summed E-state index contributed by atoms with van der Waals surface area (Å²) in [6.45, 7) is 1.96. The Bertz CT molecular complexity index is 399. The van der Waals surface area contributed by atoms with Crippen LogP contribution in [-0.4, -0.2) is 57.7 Å². The van der Waals surface area contributed by atoms with Crippen LogP contribution in [0, 0.1) is 0 Å². The van der Waals surface area contributed by atoms with E-state index in [0.717, 1.165) is 12.8 Å². The van der Waals surface area contributed by atoms with Crippen molar-refractivity contribution in [3.63, 3.8) is 0 Å². The molecule has 0 amide bonds. The van der Waals surface area contributed by atoms with E-state index in [0.29, 0.717) is 6.42 Å². The van der Waals surface area contributed by atoms with Gasteiger partial charge >= 0.3 is 10.4 Å². The van der Waals surface area contributed by atoms with E-state index in [1.165, 1.54) is 64.2 Å². The number of hydrogen-bond acceptors (Lipinski definition) is 6. The summed E-state index contributed by atoms with van der Waals surface area (Å²) >= 11 is 0. The predicted octanol–water partition coefficient (Wildman–Crippen LogP) is 2.47. The van der Waals surface area contributed by atoms with Crippen LogP contribution in [0.5, 0.6) is 0 Å². The van der Waals surface area contributed by atoms with Gasteiger partial charge in [-0.2, -0.15) is 8.42 Å². The smallest absolute Gasteiger partial charge is 0.394 e. The highest BCUT2D eigenvalue weighted by Gasteiger charge is 2.22. The molecule has 0 aromatic carbocycles. The number of nitrogens with two attached hydrogens (primary N) is 1. The lowest BCUT2D eigenvalue weighted by molar-refractivity contribution is -0.0121. The van der Waals surface area contributed by atoms with Gasteiger partial charge in [-0.1, -0.05) is 84.0 Å². The number of aliphatic hydroxyl groups excluding tert-OH is 3. The molecule has 0 bridgehead atoms. The lowest BCUT2D eigenvalue weighted by Crippen LogP contribution is -2.45. The number of rotatable bonds is 16. The van der Waals surface area contributed by atoms with Crippen molar-refractivity contribution in [2.45, 2.75) is 109 Å². The largest absolute Gasteiger partial charge is 0.395 e. The normalized spacial score (nSPS) is 14.9. The van der Waals surface area contributed by atoms with Crippen molar-refractivity contribution in [1.29, 1.82) is 0 Å². The first kappa shape index (κ1) is 28.9. The van der Waals surface area contributed by atoms with E-state index < -0.39 is 28.6 Å². The summed E-state index contributed by atoms with van der Waals surface area (Å²) in [7, 11) is -4.67. The second kappa shape index (κ2) is 19.0. The van der Waals surface area contributed by atoms with E-state index in [4.69, 9.17) is 28.4 Å². The Labute approximate surface area is 164 Å². The van der Waals surface area contributed by atoms with Crippen molar-refractivity contribution in [3.8, 4) is 0 Å². The molecular weight excluding hydrogens is 374 g/mol. The average molecular weight is 416 g/mol. The van der Waals surface area contributed by atoms with E-state index >= 15 is 0 Å². The van der Waals surface area contributed by atoms with Gasteiger partial charge in [-0.15, -0.1) is 0 Å². The number of aliphatic hydroxyl groups is 3. The molecule has 0 saturated heterocycles. The van der Waals surface area contributed by atoms with Crippen LogP contribution >= 0.6 is 0 Å². The van der Waals surface area contributed by atoms with Gasteiger partial charge in [-0.25, -0.2) is 0 Å². The van der Waals surface area contributed by atoms with Gasteiger partial charge in [0.15, 0.2) is 0 Å². The van der Waals surface area contributed by atoms with Crippen molar-refractivity contribution >= 4 is 10.4 Å². The molecule has 0 aromatic rings. The van der Waals surface area contributed by atoms with Gasteiger partial charge < -0.3 is 21.1 Å². The fraction of sp³-hybridized carbons (Fsp3) is 1.00. The predicted molar refractivity (Wildman–Crippen MR) is 107 cm³/mol. The van der Waals surface area contributed by atoms with Crippen molar-refractivity contribution in [1.82, 2.24) is 0 Å². The minimum Gasteiger partial charge on any atom is -0.395 e. The maximum absolute atomic E-state index is 9.74. The standard InChI is InChI=1S/C18H39NO3.H2O4S/c1-2-3-4-5-6-7-8-9-10-11-12-13-14-17(21)18(22)16(19)15-20;1-5(2,3)4/h16-18,20-22H,2-15,19H2,1H3;(H2,1,2,3,4)/t16-,17+,18-;/m0./s1. The fourth-order valence-electron chi connectivity index (χ4n) is 2.76. The van der Waals surface area contributed by atoms with Crippen LogP contribution in [0.1, 0.15) is 90.4 Å². The quantitative estimate of drug-likeness (QED) is 0.165. The Morgan fingerprint density at radius 1 is 0.778 bits per heavy atom. The van der Waals surface area contributed by atoms with Gasteiger partial charge in [0.05, 0.1) is 24.9 Å². The molecule has 0 saturated carbocycles. The van der Waals surface area contributed by atoms with Gasteiger partial charge in [0.1, 0.15) is 0 Å². The zero-order valence-corrected chi connectivity index (χ0v) is 17.5. The summed E-state index contributed by atoms with van der Waals surface area (Å²) in [6.07, 6.45) is 14.1. The Morgan fingerprint density at radius 3 is 1.44 bits per heavy atom. The molecule has 3 atom stereocenters. The molecule has 0 unspecified atom stereocenters. The molecule has 0 fully saturated rings. The van der Waals surface area contributed by atoms with Crippen LogP contribution < -0.4 is 5.73 Å². The average Bonchev–Trinajstić information content (AvgIpc) is 2.59. The topological polar surface area (TPSA) is 161 Å². The minimum atomic E-state index is -4.67. The van der Waals surface area contributed by atoms with Gasteiger partial charge in [0.2, 0.25) is 0 Å². The van der Waals surface area contributed by atoms with Crippen LogP contribution in [-0.2, 0) is 10.4 Å². The summed E-state index contributed by atoms with van der Waals surface area (Å²) in [6, 6.07) is -0.743. The van der Waals surface area contributed by atoms with Crippen LogP contribution in [0.2, 0.25) is 0 Å². The van der Waals surface area contributed by atoms with Crippen LogP contribution in [0.25, 0.3) is 0 Å². The molecule has 0 aliphatic carbocycles. The summed E-state index contributed by atoms with van der Waals surface area (Å²) in [5.74, 6) is 0. The number of hydrogen-bond donors (Lipinski definition) is 6. The second-order valence-corrected chi connectivity index (χ2v) is 7.93. The third kappa shape index (κ3) is 25.7. The van der Waals surface area contributed by atoms with Crippen molar-refractivity contribution in [2.24, 2.45) is 5.73 Å². The van der Waals surface area contributed by atoms with Gasteiger partial charge in [-0.05, 0) is 6.42 Å². The monoisotopic (exact) mass is 415 g/mol. The summed E-state index contributed by atoms with van der Waals surface area (Å²) in [5.41, 5.74) is 5.49. The molecule has 7 N–H and O–H groups in total. The Morgan fingerprint density at radius 2 is 1.11 bits per heavy atom. The molecule has 8 nitrogen and oxygen atoms in total. The Hall–Kier alpha value is -0.290. The third-order valence-corrected chi connectivity index (χ3v) is 4.40. The lowest BCUT2D eigenvalue weighted by Gasteiger charge is -2.22. The van der Waals surface area contributed by atoms with E-state index in [1.54, 1.807) is 0 Å². The first-order valence-electron chi connectivity index (χ1n) is 10.1. The van der Waals surface area contributed by atoms with E-state index in [1.807, 2.05) is 0 Å².